The summed E-state index contributed by atoms with van der Waals surface area (Å²) in [5, 5.41) is 0. The zero-order chi connectivity index (χ0) is 14.9. The van der Waals surface area contributed by atoms with E-state index < -0.39 is 9.84 Å². The van der Waals surface area contributed by atoms with E-state index in [1.165, 1.54) is 5.56 Å². The van der Waals surface area contributed by atoms with Gasteiger partial charge in [0.15, 0.2) is 9.84 Å². The van der Waals surface area contributed by atoms with Gasteiger partial charge < -0.3 is 4.90 Å². The van der Waals surface area contributed by atoms with E-state index in [2.05, 4.69) is 12.1 Å². The molecule has 1 aromatic rings. The fourth-order valence-electron chi connectivity index (χ4n) is 2.90. The van der Waals surface area contributed by atoms with E-state index in [9.17, 15) is 13.2 Å². The van der Waals surface area contributed by atoms with Crippen LogP contribution in [0.2, 0.25) is 0 Å². The molecule has 0 N–H and O–H groups in total. The Balaban J connectivity index is 1.57. The Morgan fingerprint density at radius 2 is 1.76 bits per heavy atom. The molecule has 1 aromatic carbocycles. The predicted octanol–water partition coefficient (Wildman–Crippen LogP) is 0.690. The zero-order valence-corrected chi connectivity index (χ0v) is 12.8. The summed E-state index contributed by atoms with van der Waals surface area (Å²) in [5.74, 6) is 0.444. The Morgan fingerprint density at radius 1 is 1.10 bits per heavy atom. The number of hydrogen-bond donors (Lipinski definition) is 0. The van der Waals surface area contributed by atoms with Gasteiger partial charge in [-0.1, -0.05) is 30.3 Å². The summed E-state index contributed by atoms with van der Waals surface area (Å²) in [4.78, 5) is 16.2. The van der Waals surface area contributed by atoms with Gasteiger partial charge in [0.2, 0.25) is 5.91 Å². The summed E-state index contributed by atoms with van der Waals surface area (Å²) in [6.45, 7) is 2.07. The molecule has 6 heteroatoms. The van der Waals surface area contributed by atoms with E-state index in [0.717, 1.165) is 13.0 Å². The van der Waals surface area contributed by atoms with E-state index >= 15 is 0 Å². The second-order valence-corrected chi connectivity index (χ2v) is 8.03. The highest BCUT2D eigenvalue weighted by atomic mass is 32.2. The van der Waals surface area contributed by atoms with Gasteiger partial charge in [-0.05, 0) is 12.0 Å². The van der Waals surface area contributed by atoms with Crippen molar-refractivity contribution in [2.45, 2.75) is 12.5 Å². The fraction of sp³-hybridized carbons (Fsp3) is 0.533. The molecule has 114 valence electrons. The summed E-state index contributed by atoms with van der Waals surface area (Å²) in [5.41, 5.74) is 1.18. The van der Waals surface area contributed by atoms with Crippen LogP contribution < -0.4 is 0 Å². The van der Waals surface area contributed by atoms with Crippen LogP contribution in [0, 0.1) is 0 Å². The molecule has 0 aromatic heterocycles. The number of carbonyl (C=O) groups is 1. The van der Waals surface area contributed by atoms with Gasteiger partial charge in [-0.15, -0.1) is 0 Å². The summed E-state index contributed by atoms with van der Waals surface area (Å²) in [6.07, 6.45) is 1.00. The topological polar surface area (TPSA) is 57.7 Å². The van der Waals surface area contributed by atoms with Gasteiger partial charge in [-0.2, -0.15) is 0 Å². The average molecular weight is 308 g/mol. The van der Waals surface area contributed by atoms with Crippen molar-refractivity contribution in [1.29, 1.82) is 0 Å². The first-order chi connectivity index (χ1) is 10.1. The molecular formula is C15H20N2O3S. The molecule has 2 heterocycles. The smallest absolute Gasteiger partial charge is 0.237 e. The predicted molar refractivity (Wildman–Crippen MR) is 80.6 cm³/mol. The van der Waals surface area contributed by atoms with Gasteiger partial charge in [0.05, 0.1) is 24.1 Å². The van der Waals surface area contributed by atoms with Crippen molar-refractivity contribution in [1.82, 2.24) is 9.80 Å². The van der Waals surface area contributed by atoms with Crippen molar-refractivity contribution in [3.63, 3.8) is 0 Å². The Morgan fingerprint density at radius 3 is 2.33 bits per heavy atom. The van der Waals surface area contributed by atoms with Crippen molar-refractivity contribution in [2.75, 3.05) is 37.7 Å². The highest BCUT2D eigenvalue weighted by molar-refractivity contribution is 7.91. The van der Waals surface area contributed by atoms with E-state index in [1.807, 2.05) is 28.0 Å². The number of amides is 1. The van der Waals surface area contributed by atoms with E-state index in [0.29, 0.717) is 19.6 Å². The molecule has 2 aliphatic rings. The second kappa shape index (κ2) is 5.77. The normalized spacial score (nSPS) is 25.3. The van der Waals surface area contributed by atoms with Crippen molar-refractivity contribution in [2.24, 2.45) is 0 Å². The molecule has 2 fully saturated rings. The molecule has 0 saturated carbocycles. The van der Waals surface area contributed by atoms with Crippen LogP contribution in [0.5, 0.6) is 0 Å². The van der Waals surface area contributed by atoms with E-state index in [-0.39, 0.29) is 23.5 Å². The lowest BCUT2D eigenvalue weighted by atomic mass is 9.94. The van der Waals surface area contributed by atoms with Gasteiger partial charge in [0, 0.05) is 19.6 Å². The van der Waals surface area contributed by atoms with Crippen LogP contribution in [0.3, 0.4) is 0 Å². The molecule has 2 saturated heterocycles. The number of benzene rings is 1. The van der Waals surface area contributed by atoms with Gasteiger partial charge in [-0.3, -0.25) is 9.69 Å². The van der Waals surface area contributed by atoms with Crippen LogP contribution in [-0.4, -0.2) is 61.8 Å². The minimum Gasteiger partial charge on any atom is -0.334 e. The third-order valence-electron chi connectivity index (χ3n) is 4.32. The van der Waals surface area contributed by atoms with Crippen LogP contribution in [-0.2, 0) is 14.6 Å². The molecule has 3 rings (SSSR count). The molecule has 5 nitrogen and oxygen atoms in total. The number of rotatable bonds is 3. The lowest BCUT2D eigenvalue weighted by molar-refractivity contribution is -0.140. The Kier molecular flexibility index (Phi) is 3.99. The largest absolute Gasteiger partial charge is 0.334 e. The van der Waals surface area contributed by atoms with Crippen LogP contribution in [0.15, 0.2) is 30.3 Å². The quantitative estimate of drug-likeness (QED) is 0.824. The first kappa shape index (κ1) is 14.5. The molecule has 0 aliphatic carbocycles. The molecule has 1 unspecified atom stereocenters. The average Bonchev–Trinajstić information content (AvgIpc) is 2.41. The molecule has 0 bridgehead atoms. The van der Waals surface area contributed by atoms with E-state index in [1.54, 1.807) is 0 Å². The number of sulfone groups is 1. The van der Waals surface area contributed by atoms with Crippen LogP contribution >= 0.6 is 0 Å². The van der Waals surface area contributed by atoms with Crippen molar-refractivity contribution in [3.05, 3.63) is 35.9 Å². The van der Waals surface area contributed by atoms with Crippen LogP contribution in [0.4, 0.5) is 0 Å². The first-order valence-corrected chi connectivity index (χ1v) is 9.14. The highest BCUT2D eigenvalue weighted by Gasteiger charge is 2.34. The van der Waals surface area contributed by atoms with Gasteiger partial charge >= 0.3 is 0 Å². The number of likely N-dealkylation sites (tertiary alicyclic amines) is 1. The molecular weight excluding hydrogens is 288 g/mol. The number of carbonyl (C=O) groups excluding carboxylic acids is 1. The standard InChI is InChI=1S/C15H20N2O3S/c18-15(12-16-8-10-21(19,20)11-9-16)17-7-6-14(17)13-4-2-1-3-5-13/h1-5,14H,6-12H2. The maximum Gasteiger partial charge on any atom is 0.237 e. The Hall–Kier alpha value is -1.40. The second-order valence-electron chi connectivity index (χ2n) is 5.73. The Labute approximate surface area is 125 Å². The maximum atomic E-state index is 12.4. The molecule has 1 atom stereocenters. The summed E-state index contributed by atoms with van der Waals surface area (Å²) >= 11 is 0. The molecule has 0 radical (unpaired) electrons. The SMILES string of the molecule is O=C(CN1CCS(=O)(=O)CC1)N1CCC1c1ccccc1. The summed E-state index contributed by atoms with van der Waals surface area (Å²) in [6, 6.07) is 10.3. The van der Waals surface area contributed by atoms with Crippen molar-refractivity contribution in [3.8, 4) is 0 Å². The van der Waals surface area contributed by atoms with E-state index in [4.69, 9.17) is 0 Å². The van der Waals surface area contributed by atoms with Gasteiger partial charge in [0.25, 0.3) is 0 Å². The minimum atomic E-state index is -2.88. The molecule has 0 spiro atoms. The van der Waals surface area contributed by atoms with Crippen molar-refractivity contribution >= 4 is 15.7 Å². The zero-order valence-electron chi connectivity index (χ0n) is 11.9. The highest BCUT2D eigenvalue weighted by Crippen LogP contribution is 2.33. The lowest BCUT2D eigenvalue weighted by Gasteiger charge is -2.42. The molecule has 21 heavy (non-hydrogen) atoms. The monoisotopic (exact) mass is 308 g/mol. The summed E-state index contributed by atoms with van der Waals surface area (Å²) < 4.78 is 22.8. The van der Waals surface area contributed by atoms with Crippen molar-refractivity contribution < 1.29 is 13.2 Å². The molecule has 2 aliphatic heterocycles. The lowest BCUT2D eigenvalue weighted by Crippen LogP contribution is -2.51. The van der Waals surface area contributed by atoms with Crippen LogP contribution in [0.1, 0.15) is 18.0 Å². The number of nitrogens with zero attached hydrogens (tertiary/aromatic N) is 2. The van der Waals surface area contributed by atoms with Crippen LogP contribution in [0.25, 0.3) is 0 Å². The third kappa shape index (κ3) is 3.27. The minimum absolute atomic E-state index is 0.106. The maximum absolute atomic E-state index is 12.4. The third-order valence-corrected chi connectivity index (χ3v) is 5.93. The van der Waals surface area contributed by atoms with Gasteiger partial charge in [-0.25, -0.2) is 8.42 Å². The van der Waals surface area contributed by atoms with Gasteiger partial charge in [0.1, 0.15) is 0 Å². The summed E-state index contributed by atoms with van der Waals surface area (Å²) in [7, 11) is -2.88. The first-order valence-electron chi connectivity index (χ1n) is 7.32. The number of hydrogen-bond acceptors (Lipinski definition) is 4. The fourth-order valence-corrected chi connectivity index (χ4v) is 4.17. The Bertz CT molecular complexity index is 601. The molecule has 1 amide bonds.